The molecule has 3 aromatic rings. The van der Waals surface area contributed by atoms with E-state index in [4.69, 9.17) is 9.47 Å². The largest absolute Gasteiger partial charge is 0.493 e. The number of ether oxygens (including phenoxy) is 2. The Morgan fingerprint density at radius 2 is 1.87 bits per heavy atom. The number of likely N-dealkylation sites (tertiary alicyclic amines) is 1. The summed E-state index contributed by atoms with van der Waals surface area (Å²) in [5, 5.41) is 3.55. The molecule has 1 aliphatic rings. The van der Waals surface area contributed by atoms with E-state index in [2.05, 4.69) is 20.2 Å². The summed E-state index contributed by atoms with van der Waals surface area (Å²) in [7, 11) is 3.20. The molecule has 8 nitrogen and oxygen atoms in total. The molecule has 1 saturated heterocycles. The third-order valence-corrected chi connectivity index (χ3v) is 5.63. The lowest BCUT2D eigenvalue weighted by molar-refractivity contribution is 0.159. The molecular formula is C22H26FN5O3. The Balaban J connectivity index is 1.35. The SMILES string of the molecule is COc1cnc(CNC2CCN(Cn3c(=O)ccc4ncc(F)cc43)CC2)cc1OC. The highest BCUT2D eigenvalue weighted by atomic mass is 19.1. The van der Waals surface area contributed by atoms with Gasteiger partial charge in [-0.15, -0.1) is 0 Å². The van der Waals surface area contributed by atoms with Gasteiger partial charge in [-0.3, -0.25) is 24.2 Å². The number of fused-ring (bicyclic) bond motifs is 1. The van der Waals surface area contributed by atoms with Crippen molar-refractivity contribution in [3.63, 3.8) is 0 Å². The lowest BCUT2D eigenvalue weighted by Crippen LogP contribution is -2.44. The molecule has 0 unspecified atom stereocenters. The van der Waals surface area contributed by atoms with Crippen LogP contribution in [0.15, 0.2) is 41.5 Å². The number of methoxy groups -OCH3 is 2. The summed E-state index contributed by atoms with van der Waals surface area (Å²) in [6.07, 6.45) is 4.72. The average Bonchev–Trinajstić information content (AvgIpc) is 2.80. The summed E-state index contributed by atoms with van der Waals surface area (Å²) in [6.45, 7) is 2.73. The third-order valence-electron chi connectivity index (χ3n) is 5.63. The average molecular weight is 427 g/mol. The number of pyridine rings is 3. The molecule has 1 N–H and O–H groups in total. The maximum absolute atomic E-state index is 13.7. The smallest absolute Gasteiger partial charge is 0.252 e. The minimum atomic E-state index is -0.446. The van der Waals surface area contributed by atoms with E-state index in [1.807, 2.05) is 6.07 Å². The molecule has 0 saturated carbocycles. The molecule has 0 amide bonds. The third kappa shape index (κ3) is 4.83. The minimum Gasteiger partial charge on any atom is -0.493 e. The van der Waals surface area contributed by atoms with Crippen LogP contribution in [0.4, 0.5) is 4.39 Å². The first kappa shape index (κ1) is 21.2. The zero-order chi connectivity index (χ0) is 21.8. The summed E-state index contributed by atoms with van der Waals surface area (Å²) < 4.78 is 25.8. The van der Waals surface area contributed by atoms with Crippen molar-refractivity contribution in [2.75, 3.05) is 27.3 Å². The van der Waals surface area contributed by atoms with Gasteiger partial charge in [0, 0.05) is 43.9 Å². The second-order valence-electron chi connectivity index (χ2n) is 7.60. The van der Waals surface area contributed by atoms with Gasteiger partial charge < -0.3 is 14.8 Å². The molecular weight excluding hydrogens is 401 g/mol. The van der Waals surface area contributed by atoms with Gasteiger partial charge in [0.15, 0.2) is 11.5 Å². The summed E-state index contributed by atoms with van der Waals surface area (Å²) >= 11 is 0. The first-order valence-corrected chi connectivity index (χ1v) is 10.2. The zero-order valence-corrected chi connectivity index (χ0v) is 17.7. The van der Waals surface area contributed by atoms with Crippen LogP contribution in [0.3, 0.4) is 0 Å². The van der Waals surface area contributed by atoms with Crippen molar-refractivity contribution in [3.05, 3.63) is 58.5 Å². The van der Waals surface area contributed by atoms with Crippen LogP contribution in [0.25, 0.3) is 11.0 Å². The Hall–Kier alpha value is -3.04. The van der Waals surface area contributed by atoms with Gasteiger partial charge in [0.25, 0.3) is 5.56 Å². The van der Waals surface area contributed by atoms with E-state index in [1.54, 1.807) is 31.0 Å². The van der Waals surface area contributed by atoms with Gasteiger partial charge in [-0.2, -0.15) is 0 Å². The van der Waals surface area contributed by atoms with E-state index >= 15 is 0 Å². The molecule has 4 heterocycles. The highest BCUT2D eigenvalue weighted by Gasteiger charge is 2.20. The second kappa shape index (κ2) is 9.40. The topological polar surface area (TPSA) is 81.5 Å². The molecule has 1 aliphatic heterocycles. The predicted molar refractivity (Wildman–Crippen MR) is 115 cm³/mol. The molecule has 0 aromatic carbocycles. The summed E-state index contributed by atoms with van der Waals surface area (Å²) in [4.78, 5) is 23.1. The monoisotopic (exact) mass is 427 g/mol. The summed E-state index contributed by atoms with van der Waals surface area (Å²) in [6, 6.07) is 6.72. The number of halogens is 1. The van der Waals surface area contributed by atoms with Crippen molar-refractivity contribution in [2.45, 2.75) is 32.1 Å². The van der Waals surface area contributed by atoms with E-state index < -0.39 is 5.82 Å². The molecule has 31 heavy (non-hydrogen) atoms. The van der Waals surface area contributed by atoms with Crippen LogP contribution < -0.4 is 20.3 Å². The fraction of sp³-hybridized carbons (Fsp3) is 0.409. The molecule has 0 radical (unpaired) electrons. The quantitative estimate of drug-likeness (QED) is 0.619. The molecule has 0 atom stereocenters. The van der Waals surface area contributed by atoms with E-state index in [0.29, 0.717) is 41.8 Å². The zero-order valence-electron chi connectivity index (χ0n) is 17.7. The van der Waals surface area contributed by atoms with Crippen molar-refractivity contribution >= 4 is 11.0 Å². The first-order chi connectivity index (χ1) is 15.1. The van der Waals surface area contributed by atoms with Crippen LogP contribution in [0.2, 0.25) is 0 Å². The van der Waals surface area contributed by atoms with Gasteiger partial charge in [-0.25, -0.2) is 4.39 Å². The van der Waals surface area contributed by atoms with Gasteiger partial charge >= 0.3 is 0 Å². The minimum absolute atomic E-state index is 0.153. The molecule has 4 rings (SSSR count). The van der Waals surface area contributed by atoms with Crippen LogP contribution >= 0.6 is 0 Å². The lowest BCUT2D eigenvalue weighted by Gasteiger charge is -2.33. The Bertz CT molecular complexity index is 1110. The van der Waals surface area contributed by atoms with Crippen molar-refractivity contribution in [1.82, 2.24) is 24.8 Å². The van der Waals surface area contributed by atoms with E-state index in [-0.39, 0.29) is 5.56 Å². The Labute approximate surface area is 179 Å². The highest BCUT2D eigenvalue weighted by molar-refractivity contribution is 5.74. The normalized spacial score (nSPS) is 15.3. The number of hydrogen-bond donors (Lipinski definition) is 1. The van der Waals surface area contributed by atoms with E-state index in [9.17, 15) is 9.18 Å². The number of nitrogens with zero attached hydrogens (tertiary/aromatic N) is 4. The predicted octanol–water partition coefficient (Wildman–Crippen LogP) is 2.16. The highest BCUT2D eigenvalue weighted by Crippen LogP contribution is 2.26. The van der Waals surface area contributed by atoms with Crippen LogP contribution in [0.1, 0.15) is 18.5 Å². The van der Waals surface area contributed by atoms with E-state index in [1.165, 1.54) is 18.3 Å². The van der Waals surface area contributed by atoms with Crippen molar-refractivity contribution in [3.8, 4) is 11.5 Å². The molecule has 164 valence electrons. The van der Waals surface area contributed by atoms with Crippen LogP contribution in [-0.2, 0) is 13.2 Å². The lowest BCUT2D eigenvalue weighted by atomic mass is 10.1. The number of aromatic nitrogens is 3. The summed E-state index contributed by atoms with van der Waals surface area (Å²) in [5.74, 6) is 0.826. The fourth-order valence-corrected chi connectivity index (χ4v) is 3.89. The maximum Gasteiger partial charge on any atom is 0.252 e. The van der Waals surface area contributed by atoms with Crippen LogP contribution in [-0.4, -0.2) is 52.8 Å². The Morgan fingerprint density at radius 1 is 1.10 bits per heavy atom. The maximum atomic E-state index is 13.7. The number of hydrogen-bond acceptors (Lipinski definition) is 7. The van der Waals surface area contributed by atoms with Crippen molar-refractivity contribution < 1.29 is 13.9 Å². The van der Waals surface area contributed by atoms with Crippen LogP contribution in [0, 0.1) is 5.82 Å². The Kier molecular flexibility index (Phi) is 6.43. The van der Waals surface area contributed by atoms with Crippen molar-refractivity contribution in [2.24, 2.45) is 0 Å². The molecule has 0 spiro atoms. The van der Waals surface area contributed by atoms with Crippen molar-refractivity contribution in [1.29, 1.82) is 0 Å². The van der Waals surface area contributed by atoms with Gasteiger partial charge in [0.2, 0.25) is 0 Å². The molecule has 9 heteroatoms. The fourth-order valence-electron chi connectivity index (χ4n) is 3.89. The summed E-state index contributed by atoms with van der Waals surface area (Å²) in [5.41, 5.74) is 1.86. The van der Waals surface area contributed by atoms with Gasteiger partial charge in [-0.1, -0.05) is 0 Å². The standard InChI is InChI=1S/C22H26FN5O3/c1-30-20-10-17(25-13-21(20)31-2)12-24-16-5-7-27(8-6-16)14-28-19-9-15(23)11-26-18(19)3-4-22(28)29/h3-4,9-11,13,16,24H,5-8,12,14H2,1-2H3. The van der Waals surface area contributed by atoms with Gasteiger partial charge in [0.05, 0.1) is 50.0 Å². The van der Waals surface area contributed by atoms with Gasteiger partial charge in [0.1, 0.15) is 5.82 Å². The van der Waals surface area contributed by atoms with Gasteiger partial charge in [-0.05, 0) is 18.9 Å². The molecule has 3 aromatic heterocycles. The second-order valence-corrected chi connectivity index (χ2v) is 7.60. The molecule has 0 bridgehead atoms. The molecule has 0 aliphatic carbocycles. The van der Waals surface area contributed by atoms with E-state index in [0.717, 1.165) is 31.6 Å². The number of piperidine rings is 1. The molecule has 1 fully saturated rings. The first-order valence-electron chi connectivity index (χ1n) is 10.2. The Morgan fingerprint density at radius 3 is 2.61 bits per heavy atom. The number of nitrogens with one attached hydrogen (secondary N) is 1. The number of rotatable bonds is 7. The van der Waals surface area contributed by atoms with Crippen LogP contribution in [0.5, 0.6) is 11.5 Å².